The molecule has 1 unspecified atom stereocenters. The number of nitrogens with zero attached hydrogens (tertiary/aromatic N) is 2. The number of thiophene rings is 1. The van der Waals surface area contributed by atoms with Crippen LogP contribution in [0.1, 0.15) is 55.5 Å². The van der Waals surface area contributed by atoms with Crippen LogP contribution in [-0.2, 0) is 18.5 Å². The zero-order valence-corrected chi connectivity index (χ0v) is 18.4. The smallest absolute Gasteiger partial charge is 0.107 e. The van der Waals surface area contributed by atoms with Gasteiger partial charge >= 0.3 is 0 Å². The summed E-state index contributed by atoms with van der Waals surface area (Å²) in [4.78, 5) is 8.86. The lowest BCUT2D eigenvalue weighted by Crippen LogP contribution is -2.35. The standard InChI is InChI=1S/C20H29N3S2.ClH/c1-19(2,3)17-11-22-18(25-17)13-23(12-15-4-9-24-14-15)16-10-20(16)5-7-21-8-6-20;/h4,9,11,14,16,21H,5-8,10,12-13H2,1-3H3;1H. The highest BCUT2D eigenvalue weighted by atomic mass is 35.5. The first-order valence-corrected chi connectivity index (χ1v) is 11.1. The fraction of sp³-hybridized carbons (Fsp3) is 0.650. The maximum atomic E-state index is 4.76. The van der Waals surface area contributed by atoms with Crippen LogP contribution in [0, 0.1) is 5.41 Å². The zero-order valence-electron chi connectivity index (χ0n) is 16.0. The molecule has 1 aliphatic heterocycles. The van der Waals surface area contributed by atoms with Gasteiger partial charge in [0.2, 0.25) is 0 Å². The molecule has 6 heteroatoms. The molecule has 4 rings (SSSR count). The van der Waals surface area contributed by atoms with Crippen molar-refractivity contribution in [2.45, 2.75) is 64.6 Å². The third-order valence-corrected chi connectivity index (χ3v) is 7.92. The highest BCUT2D eigenvalue weighted by Crippen LogP contribution is 2.56. The lowest BCUT2D eigenvalue weighted by molar-refractivity contribution is 0.188. The summed E-state index contributed by atoms with van der Waals surface area (Å²) in [6.45, 7) is 11.3. The number of hydrogen-bond donors (Lipinski definition) is 1. The summed E-state index contributed by atoms with van der Waals surface area (Å²) in [5.74, 6) is 0. The van der Waals surface area contributed by atoms with E-state index in [9.17, 15) is 0 Å². The van der Waals surface area contributed by atoms with Crippen LogP contribution in [0.4, 0.5) is 0 Å². The normalized spacial score (nSPS) is 21.8. The van der Waals surface area contributed by atoms with Crippen LogP contribution in [0.2, 0.25) is 0 Å². The van der Waals surface area contributed by atoms with Gasteiger partial charge in [0.25, 0.3) is 0 Å². The summed E-state index contributed by atoms with van der Waals surface area (Å²) < 4.78 is 0. The highest BCUT2D eigenvalue weighted by Gasteiger charge is 2.56. The van der Waals surface area contributed by atoms with Crippen LogP contribution in [-0.4, -0.2) is 29.0 Å². The third-order valence-electron chi connectivity index (χ3n) is 5.78. The molecule has 2 aliphatic rings. The van der Waals surface area contributed by atoms with E-state index in [0.717, 1.165) is 19.1 Å². The van der Waals surface area contributed by atoms with Crippen molar-refractivity contribution in [3.05, 3.63) is 38.5 Å². The SMILES string of the molecule is CC(C)(C)c1cnc(CN(Cc2ccsc2)C2CC23CCNCC3)s1.Cl. The van der Waals surface area contributed by atoms with Crippen molar-refractivity contribution >= 4 is 35.1 Å². The second-order valence-electron chi connectivity index (χ2n) is 8.74. The Balaban J connectivity index is 0.00000196. The van der Waals surface area contributed by atoms with Crippen LogP contribution in [0.5, 0.6) is 0 Å². The molecule has 144 valence electrons. The molecule has 3 heterocycles. The van der Waals surface area contributed by atoms with Gasteiger partial charge in [-0.2, -0.15) is 11.3 Å². The van der Waals surface area contributed by atoms with E-state index in [-0.39, 0.29) is 17.8 Å². The van der Waals surface area contributed by atoms with Crippen molar-refractivity contribution < 1.29 is 0 Å². The molecule has 26 heavy (non-hydrogen) atoms. The van der Waals surface area contributed by atoms with Gasteiger partial charge in [-0.3, -0.25) is 4.90 Å². The molecular weight excluding hydrogens is 382 g/mol. The maximum Gasteiger partial charge on any atom is 0.107 e. The molecule has 2 aromatic heterocycles. The van der Waals surface area contributed by atoms with Crippen LogP contribution >= 0.6 is 35.1 Å². The number of piperidine rings is 1. The number of aromatic nitrogens is 1. The Hall–Kier alpha value is -0.460. The summed E-state index contributed by atoms with van der Waals surface area (Å²) >= 11 is 3.70. The van der Waals surface area contributed by atoms with Crippen molar-refractivity contribution in [3.63, 3.8) is 0 Å². The van der Waals surface area contributed by atoms with Crippen LogP contribution in [0.25, 0.3) is 0 Å². The lowest BCUT2D eigenvalue weighted by Gasteiger charge is -2.29. The third kappa shape index (κ3) is 4.33. The predicted molar refractivity (Wildman–Crippen MR) is 115 cm³/mol. The van der Waals surface area contributed by atoms with E-state index in [0.29, 0.717) is 5.41 Å². The Morgan fingerprint density at radius 2 is 2.04 bits per heavy atom. The van der Waals surface area contributed by atoms with Gasteiger partial charge in [0.1, 0.15) is 5.01 Å². The molecule has 1 saturated heterocycles. The molecular formula is C20H30ClN3S2. The molecule has 0 aromatic carbocycles. The topological polar surface area (TPSA) is 28.2 Å². The number of nitrogens with one attached hydrogen (secondary N) is 1. The first kappa shape index (κ1) is 20.3. The number of halogens is 1. The Kier molecular flexibility index (Phi) is 6.15. The molecule has 1 N–H and O–H groups in total. The lowest BCUT2D eigenvalue weighted by atomic mass is 9.93. The molecule has 0 amide bonds. The largest absolute Gasteiger partial charge is 0.317 e. The summed E-state index contributed by atoms with van der Waals surface area (Å²) in [5.41, 5.74) is 2.23. The number of rotatable bonds is 5. The highest BCUT2D eigenvalue weighted by molar-refractivity contribution is 7.11. The first-order chi connectivity index (χ1) is 12.0. The molecule has 3 nitrogen and oxygen atoms in total. The zero-order chi connectivity index (χ0) is 17.5. The Labute approximate surface area is 171 Å². The predicted octanol–water partition coefficient (Wildman–Crippen LogP) is 5.07. The number of thiazole rings is 1. The maximum absolute atomic E-state index is 4.76. The molecule has 1 saturated carbocycles. The minimum atomic E-state index is 0. The average Bonchev–Trinajstić information content (AvgIpc) is 3.00. The second kappa shape index (κ2) is 7.88. The van der Waals surface area contributed by atoms with E-state index >= 15 is 0 Å². The van der Waals surface area contributed by atoms with Gasteiger partial charge in [0.05, 0.1) is 6.54 Å². The molecule has 1 spiro atoms. The van der Waals surface area contributed by atoms with Gasteiger partial charge in [-0.25, -0.2) is 4.98 Å². The monoisotopic (exact) mass is 411 g/mol. The minimum absolute atomic E-state index is 0. The van der Waals surface area contributed by atoms with Gasteiger partial charge in [-0.15, -0.1) is 23.7 Å². The van der Waals surface area contributed by atoms with E-state index < -0.39 is 0 Å². The van der Waals surface area contributed by atoms with Gasteiger partial charge in [-0.1, -0.05) is 20.8 Å². The summed E-state index contributed by atoms with van der Waals surface area (Å²) in [7, 11) is 0. The summed E-state index contributed by atoms with van der Waals surface area (Å²) in [6.07, 6.45) is 6.14. The van der Waals surface area contributed by atoms with Gasteiger partial charge < -0.3 is 5.32 Å². The molecule has 2 aromatic rings. The van der Waals surface area contributed by atoms with Gasteiger partial charge in [0.15, 0.2) is 0 Å². The summed E-state index contributed by atoms with van der Waals surface area (Å²) in [5, 5.41) is 9.30. The van der Waals surface area contributed by atoms with E-state index in [1.807, 2.05) is 11.3 Å². The van der Waals surface area contributed by atoms with E-state index in [2.05, 4.69) is 54.0 Å². The molecule has 2 fully saturated rings. The van der Waals surface area contributed by atoms with Crippen molar-refractivity contribution in [3.8, 4) is 0 Å². The number of hydrogen-bond acceptors (Lipinski definition) is 5. The average molecular weight is 412 g/mol. The van der Waals surface area contributed by atoms with Crippen LogP contribution in [0.3, 0.4) is 0 Å². The van der Waals surface area contributed by atoms with Crippen LogP contribution in [0.15, 0.2) is 23.0 Å². The van der Waals surface area contributed by atoms with E-state index in [4.69, 9.17) is 4.98 Å². The van der Waals surface area contributed by atoms with Crippen molar-refractivity contribution in [2.24, 2.45) is 5.41 Å². The van der Waals surface area contributed by atoms with E-state index in [1.165, 1.54) is 47.8 Å². The first-order valence-electron chi connectivity index (χ1n) is 9.37. The van der Waals surface area contributed by atoms with Crippen molar-refractivity contribution in [1.29, 1.82) is 0 Å². The Morgan fingerprint density at radius 3 is 2.65 bits per heavy atom. The fourth-order valence-electron chi connectivity index (χ4n) is 4.10. The minimum Gasteiger partial charge on any atom is -0.317 e. The molecule has 1 aliphatic carbocycles. The molecule has 1 atom stereocenters. The summed E-state index contributed by atoms with van der Waals surface area (Å²) in [6, 6.07) is 3.01. The van der Waals surface area contributed by atoms with Crippen molar-refractivity contribution in [1.82, 2.24) is 15.2 Å². The van der Waals surface area contributed by atoms with Gasteiger partial charge in [0, 0.05) is 23.7 Å². The fourth-order valence-corrected chi connectivity index (χ4v) is 5.76. The van der Waals surface area contributed by atoms with Crippen LogP contribution < -0.4 is 5.32 Å². The van der Waals surface area contributed by atoms with Crippen molar-refractivity contribution in [2.75, 3.05) is 13.1 Å². The Bertz CT molecular complexity index is 699. The second-order valence-corrected chi connectivity index (χ2v) is 10.6. The van der Waals surface area contributed by atoms with E-state index in [1.54, 1.807) is 11.3 Å². The molecule has 0 bridgehead atoms. The quantitative estimate of drug-likeness (QED) is 0.744. The van der Waals surface area contributed by atoms with Gasteiger partial charge in [-0.05, 0) is 65.6 Å². The molecule has 0 radical (unpaired) electrons. The Morgan fingerprint density at radius 1 is 1.27 bits per heavy atom.